The number of nitrogens with zero attached hydrogens (tertiary/aromatic N) is 3. The molecule has 0 amide bonds. The normalized spacial score (nSPS) is 9.94. The molecule has 0 aromatic heterocycles. The first-order valence-corrected chi connectivity index (χ1v) is 4.77. The number of aromatic carboxylic acids is 1. The van der Waals surface area contributed by atoms with Gasteiger partial charge in [-0.15, -0.1) is 0 Å². The van der Waals surface area contributed by atoms with Gasteiger partial charge in [-0.3, -0.25) is 0 Å². The van der Waals surface area contributed by atoms with Crippen molar-refractivity contribution in [3.8, 4) is 5.75 Å². The standard InChI is InChI=1S/C11H11N3O3/c1-17-9-5-4-8(3-2-6-13-14-12)10(7-9)11(15)16/h2-5,7H,6H2,1H3,(H,15,16). The number of hydrogen-bond acceptors (Lipinski definition) is 3. The summed E-state index contributed by atoms with van der Waals surface area (Å²) in [7, 11) is 1.47. The molecular formula is C11H11N3O3. The number of rotatable bonds is 5. The molecule has 0 atom stereocenters. The summed E-state index contributed by atoms with van der Waals surface area (Å²) >= 11 is 0. The molecule has 0 saturated heterocycles. The third-order valence-corrected chi connectivity index (χ3v) is 2.04. The predicted octanol–water partition coefficient (Wildman–Crippen LogP) is 2.72. The van der Waals surface area contributed by atoms with Crippen LogP contribution in [0.4, 0.5) is 0 Å². The van der Waals surface area contributed by atoms with Crippen molar-refractivity contribution in [1.82, 2.24) is 0 Å². The van der Waals surface area contributed by atoms with Crippen molar-refractivity contribution in [1.29, 1.82) is 0 Å². The zero-order valence-electron chi connectivity index (χ0n) is 9.20. The van der Waals surface area contributed by atoms with Gasteiger partial charge in [0, 0.05) is 11.5 Å². The summed E-state index contributed by atoms with van der Waals surface area (Å²) in [6.45, 7) is 0.182. The van der Waals surface area contributed by atoms with Crippen molar-refractivity contribution in [3.05, 3.63) is 45.8 Å². The number of benzene rings is 1. The quantitative estimate of drug-likeness (QED) is 0.481. The first kappa shape index (κ1) is 12.6. The van der Waals surface area contributed by atoms with Gasteiger partial charge in [-0.25, -0.2) is 4.79 Å². The second kappa shape index (κ2) is 6.19. The Kier molecular flexibility index (Phi) is 4.59. The van der Waals surface area contributed by atoms with E-state index in [2.05, 4.69) is 10.0 Å². The van der Waals surface area contributed by atoms with Gasteiger partial charge in [-0.2, -0.15) is 0 Å². The molecule has 0 saturated carbocycles. The molecule has 0 bridgehead atoms. The van der Waals surface area contributed by atoms with Crippen LogP contribution in [0.3, 0.4) is 0 Å². The zero-order chi connectivity index (χ0) is 12.7. The summed E-state index contributed by atoms with van der Waals surface area (Å²) in [6.07, 6.45) is 3.19. The molecule has 0 unspecified atom stereocenters. The van der Waals surface area contributed by atoms with E-state index in [1.807, 2.05) is 0 Å². The Morgan fingerprint density at radius 3 is 3.00 bits per heavy atom. The van der Waals surface area contributed by atoms with Gasteiger partial charge in [0.1, 0.15) is 5.75 Å². The van der Waals surface area contributed by atoms with Crippen LogP contribution in [0.15, 0.2) is 29.4 Å². The van der Waals surface area contributed by atoms with Crippen molar-refractivity contribution in [2.75, 3.05) is 13.7 Å². The molecule has 0 aliphatic carbocycles. The number of hydrogen-bond donors (Lipinski definition) is 1. The van der Waals surface area contributed by atoms with Crippen LogP contribution >= 0.6 is 0 Å². The average Bonchev–Trinajstić information content (AvgIpc) is 2.34. The van der Waals surface area contributed by atoms with Crippen LogP contribution < -0.4 is 4.74 Å². The first-order chi connectivity index (χ1) is 8.19. The highest BCUT2D eigenvalue weighted by Crippen LogP contribution is 2.19. The fourth-order valence-electron chi connectivity index (χ4n) is 1.26. The third-order valence-electron chi connectivity index (χ3n) is 2.04. The van der Waals surface area contributed by atoms with Crippen molar-refractivity contribution in [3.63, 3.8) is 0 Å². The zero-order valence-corrected chi connectivity index (χ0v) is 9.20. The van der Waals surface area contributed by atoms with Crippen LogP contribution in [-0.4, -0.2) is 24.7 Å². The van der Waals surface area contributed by atoms with Gasteiger partial charge in [-0.1, -0.05) is 23.3 Å². The van der Waals surface area contributed by atoms with E-state index in [9.17, 15) is 4.79 Å². The van der Waals surface area contributed by atoms with Gasteiger partial charge < -0.3 is 9.84 Å². The lowest BCUT2D eigenvalue weighted by atomic mass is 10.1. The number of carboxylic acids is 1. The minimum atomic E-state index is -1.03. The van der Waals surface area contributed by atoms with Crippen LogP contribution in [0, 0.1) is 0 Å². The van der Waals surface area contributed by atoms with Crippen molar-refractivity contribution < 1.29 is 14.6 Å². The van der Waals surface area contributed by atoms with Gasteiger partial charge in [0.25, 0.3) is 0 Å². The van der Waals surface area contributed by atoms with Crippen molar-refractivity contribution in [2.24, 2.45) is 5.11 Å². The Hall–Kier alpha value is -2.46. The Bertz CT molecular complexity index is 491. The number of ether oxygens (including phenoxy) is 1. The Labute approximate surface area is 97.8 Å². The maximum absolute atomic E-state index is 11.0. The second-order valence-electron chi connectivity index (χ2n) is 3.07. The summed E-state index contributed by atoms with van der Waals surface area (Å²) in [5.74, 6) is -0.554. The maximum atomic E-state index is 11.0. The SMILES string of the molecule is COc1ccc(C=CCN=[N+]=[N-])c(C(=O)O)c1. The second-order valence-corrected chi connectivity index (χ2v) is 3.07. The maximum Gasteiger partial charge on any atom is 0.336 e. The van der Waals surface area contributed by atoms with E-state index in [1.165, 1.54) is 13.2 Å². The smallest absolute Gasteiger partial charge is 0.336 e. The minimum absolute atomic E-state index is 0.140. The molecule has 6 heteroatoms. The molecule has 0 heterocycles. The average molecular weight is 233 g/mol. The summed E-state index contributed by atoms with van der Waals surface area (Å²) in [5.41, 5.74) is 8.76. The highest BCUT2D eigenvalue weighted by Gasteiger charge is 2.08. The van der Waals surface area contributed by atoms with E-state index in [0.29, 0.717) is 11.3 Å². The first-order valence-electron chi connectivity index (χ1n) is 4.77. The van der Waals surface area contributed by atoms with E-state index in [-0.39, 0.29) is 12.1 Å². The monoisotopic (exact) mass is 233 g/mol. The van der Waals surface area contributed by atoms with Crippen LogP contribution in [0.5, 0.6) is 5.75 Å². The predicted molar refractivity (Wildman–Crippen MR) is 63.0 cm³/mol. The van der Waals surface area contributed by atoms with Gasteiger partial charge in [0.15, 0.2) is 0 Å². The summed E-state index contributed by atoms with van der Waals surface area (Å²) in [6, 6.07) is 4.74. The topological polar surface area (TPSA) is 95.3 Å². The van der Waals surface area contributed by atoms with E-state index in [1.54, 1.807) is 24.3 Å². The van der Waals surface area contributed by atoms with Crippen LogP contribution in [0.2, 0.25) is 0 Å². The summed E-state index contributed by atoms with van der Waals surface area (Å²) in [4.78, 5) is 13.6. The van der Waals surface area contributed by atoms with E-state index < -0.39 is 5.97 Å². The molecule has 0 aliphatic heterocycles. The van der Waals surface area contributed by atoms with E-state index in [4.69, 9.17) is 15.4 Å². The molecule has 1 N–H and O–H groups in total. The highest BCUT2D eigenvalue weighted by molar-refractivity contribution is 5.92. The van der Waals surface area contributed by atoms with Gasteiger partial charge in [0.2, 0.25) is 0 Å². The number of carbonyl (C=O) groups is 1. The molecule has 6 nitrogen and oxygen atoms in total. The number of carboxylic acid groups (broad SMARTS) is 1. The highest BCUT2D eigenvalue weighted by atomic mass is 16.5. The Morgan fingerprint density at radius 2 is 2.41 bits per heavy atom. The van der Waals surface area contributed by atoms with Crippen molar-refractivity contribution >= 4 is 12.0 Å². The van der Waals surface area contributed by atoms with Crippen LogP contribution in [-0.2, 0) is 0 Å². The molecular weight excluding hydrogens is 222 g/mol. The number of methoxy groups -OCH3 is 1. The summed E-state index contributed by atoms with van der Waals surface area (Å²) < 4.78 is 4.95. The van der Waals surface area contributed by atoms with E-state index >= 15 is 0 Å². The fraction of sp³-hybridized carbons (Fsp3) is 0.182. The molecule has 17 heavy (non-hydrogen) atoms. The molecule has 88 valence electrons. The molecule has 0 aliphatic rings. The molecule has 0 radical (unpaired) electrons. The lowest BCUT2D eigenvalue weighted by Gasteiger charge is -2.04. The largest absolute Gasteiger partial charge is 0.497 e. The molecule has 1 rings (SSSR count). The lowest BCUT2D eigenvalue weighted by Crippen LogP contribution is -2.00. The fourth-order valence-corrected chi connectivity index (χ4v) is 1.26. The van der Waals surface area contributed by atoms with Gasteiger partial charge >= 0.3 is 5.97 Å². The van der Waals surface area contributed by atoms with E-state index in [0.717, 1.165) is 0 Å². The van der Waals surface area contributed by atoms with Gasteiger partial charge in [-0.05, 0) is 23.2 Å². The van der Waals surface area contributed by atoms with Crippen LogP contribution in [0.1, 0.15) is 15.9 Å². The molecule has 1 aromatic carbocycles. The number of azide groups is 1. The molecule has 1 aromatic rings. The Morgan fingerprint density at radius 1 is 1.65 bits per heavy atom. The minimum Gasteiger partial charge on any atom is -0.497 e. The summed E-state index contributed by atoms with van der Waals surface area (Å²) in [5, 5.41) is 12.3. The van der Waals surface area contributed by atoms with Crippen LogP contribution in [0.25, 0.3) is 16.5 Å². The third kappa shape index (κ3) is 3.55. The van der Waals surface area contributed by atoms with Crippen molar-refractivity contribution in [2.45, 2.75) is 0 Å². The van der Waals surface area contributed by atoms with Gasteiger partial charge in [0.05, 0.1) is 12.7 Å². The molecule has 0 fully saturated rings. The lowest BCUT2D eigenvalue weighted by molar-refractivity contribution is 0.0696. The Balaban J connectivity index is 3.02. The molecule has 0 spiro atoms.